The molecular formula is C25H23N9O3S. The molecule has 0 saturated heterocycles. The lowest BCUT2D eigenvalue weighted by molar-refractivity contribution is 0.483. The number of hydrogen-bond acceptors (Lipinski definition) is 8. The largest absolute Gasteiger partial charge is 0.294 e. The van der Waals surface area contributed by atoms with Gasteiger partial charge in [0.05, 0.1) is 16.3 Å². The van der Waals surface area contributed by atoms with Gasteiger partial charge < -0.3 is 0 Å². The molecule has 0 spiro atoms. The van der Waals surface area contributed by atoms with E-state index in [1.165, 1.54) is 12.1 Å². The Hall–Kier alpha value is -4.49. The quantitative estimate of drug-likeness (QED) is 0.351. The molecule has 0 bridgehead atoms. The first-order valence-corrected chi connectivity index (χ1v) is 13.1. The molecule has 1 N–H and O–H groups in total. The first-order valence-electron chi connectivity index (χ1n) is 11.7. The highest BCUT2D eigenvalue weighted by Gasteiger charge is 2.28. The topological polar surface area (TPSA) is 145 Å². The zero-order valence-corrected chi connectivity index (χ0v) is 22.1. The molecule has 38 heavy (non-hydrogen) atoms. The average Bonchev–Trinajstić information content (AvgIpc) is 3.56. The Labute approximate surface area is 217 Å². The molecule has 0 atom stereocenters. The first kappa shape index (κ1) is 23.9. The Morgan fingerprint density at radius 3 is 2.34 bits per heavy atom. The fourth-order valence-electron chi connectivity index (χ4n) is 4.60. The molecule has 0 aliphatic carbocycles. The fourth-order valence-corrected chi connectivity index (χ4v) is 5.21. The zero-order valence-electron chi connectivity index (χ0n) is 21.2. The van der Waals surface area contributed by atoms with E-state index in [2.05, 4.69) is 25.5 Å². The Balaban J connectivity index is 1.49. The molecule has 5 aromatic rings. The summed E-state index contributed by atoms with van der Waals surface area (Å²) in [6.45, 7) is 7.46. The lowest BCUT2D eigenvalue weighted by Crippen LogP contribution is -2.08. The lowest BCUT2D eigenvalue weighted by atomic mass is 10.1. The van der Waals surface area contributed by atoms with Crippen LogP contribution in [0.3, 0.4) is 0 Å². The van der Waals surface area contributed by atoms with Crippen LogP contribution in [-0.2, 0) is 17.2 Å². The minimum Gasteiger partial charge on any atom is -0.282 e. The Kier molecular flexibility index (Phi) is 5.19. The van der Waals surface area contributed by atoms with Crippen molar-refractivity contribution in [3.63, 3.8) is 0 Å². The molecule has 192 valence electrons. The number of nitrogens with zero attached hydrogens (tertiary/aromatic N) is 9. The van der Waals surface area contributed by atoms with Gasteiger partial charge in [-0.05, 0) is 57.5 Å². The molecule has 0 amide bonds. The van der Waals surface area contributed by atoms with E-state index in [1.54, 1.807) is 33.9 Å². The minimum absolute atomic E-state index is 0.211. The highest BCUT2D eigenvalue weighted by atomic mass is 32.2. The fraction of sp³-hybridized carbons (Fsp3) is 0.200. The van der Waals surface area contributed by atoms with E-state index in [4.69, 9.17) is 4.99 Å². The molecule has 1 aliphatic heterocycles. The molecule has 0 unspecified atom stereocenters. The second-order valence-electron chi connectivity index (χ2n) is 9.30. The van der Waals surface area contributed by atoms with Crippen LogP contribution < -0.4 is 0 Å². The number of aliphatic imine (C=N–C) groups is 1. The first-order chi connectivity index (χ1) is 18.0. The smallest absolute Gasteiger partial charge is 0.282 e. The molecule has 2 aromatic carbocycles. The van der Waals surface area contributed by atoms with Gasteiger partial charge >= 0.3 is 0 Å². The summed E-state index contributed by atoms with van der Waals surface area (Å²) in [6, 6.07) is 12.5. The SMILES string of the molecule is CC1=Nn2c(nnc2-c2cccc(C)c2)C1=Nc1c(C)nn2c(-c3cc(C)cc(S(=O)(=O)O)c3)nn(C)c12. The minimum atomic E-state index is -4.39. The predicted molar refractivity (Wildman–Crippen MR) is 142 cm³/mol. The molecule has 4 heterocycles. The van der Waals surface area contributed by atoms with Crippen molar-refractivity contribution in [2.45, 2.75) is 32.6 Å². The Morgan fingerprint density at radius 2 is 1.61 bits per heavy atom. The van der Waals surface area contributed by atoms with Gasteiger partial charge in [0, 0.05) is 18.2 Å². The summed E-state index contributed by atoms with van der Waals surface area (Å²) in [6.07, 6.45) is 0. The van der Waals surface area contributed by atoms with Crippen LogP contribution >= 0.6 is 0 Å². The third-order valence-corrected chi connectivity index (χ3v) is 7.14. The van der Waals surface area contributed by atoms with Gasteiger partial charge in [-0.2, -0.15) is 32.9 Å². The molecule has 1 aliphatic rings. The van der Waals surface area contributed by atoms with E-state index < -0.39 is 10.1 Å². The summed E-state index contributed by atoms with van der Waals surface area (Å²) in [7, 11) is -2.63. The number of benzene rings is 2. The number of fused-ring (bicyclic) bond motifs is 2. The van der Waals surface area contributed by atoms with E-state index in [0.29, 0.717) is 57.1 Å². The summed E-state index contributed by atoms with van der Waals surface area (Å²) in [5.41, 5.74) is 6.23. The average molecular weight is 530 g/mol. The van der Waals surface area contributed by atoms with Gasteiger partial charge in [-0.15, -0.1) is 10.2 Å². The van der Waals surface area contributed by atoms with Gasteiger partial charge in [0.15, 0.2) is 17.3 Å². The normalized spacial score (nSPS) is 14.5. The maximum absolute atomic E-state index is 11.8. The van der Waals surface area contributed by atoms with Crippen LogP contribution in [0.15, 0.2) is 57.5 Å². The van der Waals surface area contributed by atoms with Crippen LogP contribution in [0.5, 0.6) is 0 Å². The molecule has 3 aromatic heterocycles. The van der Waals surface area contributed by atoms with Crippen molar-refractivity contribution in [2.24, 2.45) is 17.1 Å². The van der Waals surface area contributed by atoms with Crippen LogP contribution in [0.1, 0.15) is 29.6 Å². The van der Waals surface area contributed by atoms with Crippen molar-refractivity contribution in [3.8, 4) is 22.8 Å². The number of aryl methyl sites for hydroxylation is 4. The standard InChI is InChI=1S/C25H23N9O3S/c1-13-7-6-8-17(9-13)22-27-28-24-20(15(3)29-33(22)24)26-21-16(4)30-34-23(31-32(5)25(21)34)18-10-14(2)11-19(12-18)38(35,36)37/h6-12H,1-5H3,(H,35,36,37). The zero-order chi connectivity index (χ0) is 26.9. The Morgan fingerprint density at radius 1 is 0.868 bits per heavy atom. The highest BCUT2D eigenvalue weighted by Crippen LogP contribution is 2.32. The molecule has 0 saturated carbocycles. The summed E-state index contributed by atoms with van der Waals surface area (Å²) in [5.74, 6) is 1.56. The van der Waals surface area contributed by atoms with Crippen molar-refractivity contribution in [3.05, 3.63) is 65.1 Å². The van der Waals surface area contributed by atoms with E-state index in [1.807, 2.05) is 45.0 Å². The number of rotatable bonds is 4. The van der Waals surface area contributed by atoms with Crippen LogP contribution in [0, 0.1) is 20.8 Å². The van der Waals surface area contributed by atoms with Gasteiger partial charge in [-0.3, -0.25) is 4.55 Å². The van der Waals surface area contributed by atoms with Crippen LogP contribution in [0.25, 0.3) is 28.4 Å². The van der Waals surface area contributed by atoms with Gasteiger partial charge in [-0.1, -0.05) is 23.8 Å². The molecule has 0 fully saturated rings. The van der Waals surface area contributed by atoms with Crippen molar-refractivity contribution < 1.29 is 13.0 Å². The third kappa shape index (κ3) is 3.74. The number of hydrogen-bond donors (Lipinski definition) is 1. The summed E-state index contributed by atoms with van der Waals surface area (Å²) >= 11 is 0. The van der Waals surface area contributed by atoms with E-state index >= 15 is 0 Å². The summed E-state index contributed by atoms with van der Waals surface area (Å²) < 4.78 is 38.1. The van der Waals surface area contributed by atoms with Crippen molar-refractivity contribution in [1.82, 2.24) is 34.3 Å². The second kappa shape index (κ2) is 8.26. The van der Waals surface area contributed by atoms with Crippen molar-refractivity contribution >= 4 is 32.9 Å². The lowest BCUT2D eigenvalue weighted by Gasteiger charge is -2.03. The summed E-state index contributed by atoms with van der Waals surface area (Å²) in [4.78, 5) is 4.71. The van der Waals surface area contributed by atoms with Crippen LogP contribution in [-0.4, -0.2) is 58.7 Å². The molecule has 6 rings (SSSR count). The van der Waals surface area contributed by atoms with Crippen molar-refractivity contribution in [1.29, 1.82) is 0 Å². The predicted octanol–water partition coefficient (Wildman–Crippen LogP) is 3.52. The molecule has 13 heteroatoms. The van der Waals surface area contributed by atoms with E-state index in [0.717, 1.165) is 11.1 Å². The number of aromatic nitrogens is 7. The van der Waals surface area contributed by atoms with Crippen LogP contribution in [0.2, 0.25) is 0 Å². The van der Waals surface area contributed by atoms with Crippen molar-refractivity contribution in [2.75, 3.05) is 0 Å². The van der Waals surface area contributed by atoms with Gasteiger partial charge in [-0.25, -0.2) is 9.67 Å². The summed E-state index contributed by atoms with van der Waals surface area (Å²) in [5, 5.41) is 22.6. The monoisotopic (exact) mass is 529 g/mol. The maximum atomic E-state index is 11.8. The second-order valence-corrected chi connectivity index (χ2v) is 10.7. The third-order valence-electron chi connectivity index (χ3n) is 6.31. The van der Waals surface area contributed by atoms with E-state index in [9.17, 15) is 13.0 Å². The van der Waals surface area contributed by atoms with Gasteiger partial charge in [0.25, 0.3) is 10.1 Å². The molecule has 0 radical (unpaired) electrons. The molecular weight excluding hydrogens is 506 g/mol. The van der Waals surface area contributed by atoms with Gasteiger partial charge in [0.1, 0.15) is 11.4 Å². The highest BCUT2D eigenvalue weighted by molar-refractivity contribution is 7.85. The Bertz CT molecular complexity index is 1960. The van der Waals surface area contributed by atoms with Crippen LogP contribution in [0.4, 0.5) is 5.69 Å². The van der Waals surface area contributed by atoms with E-state index in [-0.39, 0.29) is 4.90 Å². The molecule has 12 nitrogen and oxygen atoms in total. The maximum Gasteiger partial charge on any atom is 0.294 e. The van der Waals surface area contributed by atoms with Gasteiger partial charge in [0.2, 0.25) is 5.82 Å².